The number of rotatable bonds is 2. The van der Waals surface area contributed by atoms with Crippen molar-refractivity contribution >= 4 is 17.5 Å². The number of nitrogens with one attached hydrogen (secondary N) is 2. The number of nitrogens with zero attached hydrogens (tertiary/aromatic N) is 2. The first-order valence-electron chi connectivity index (χ1n) is 4.35. The fourth-order valence-corrected chi connectivity index (χ4v) is 1.43. The third-order valence-electron chi connectivity index (χ3n) is 2.03. The monoisotopic (exact) mass is 241 g/mol. The molecule has 0 aliphatic carbocycles. The second-order valence-corrected chi connectivity index (χ2v) is 3.49. The third kappa shape index (κ3) is 1.84. The molecule has 0 amide bonds. The summed E-state index contributed by atoms with van der Waals surface area (Å²) in [7, 11) is 0. The zero-order valence-electron chi connectivity index (χ0n) is 8.03. The molecule has 0 spiro atoms. The number of anilines is 1. The highest BCUT2D eigenvalue weighted by molar-refractivity contribution is 6.30. The third-order valence-corrected chi connectivity index (χ3v) is 2.43. The normalized spacial score (nSPS) is 10.6. The number of aromatic nitrogens is 4. The first-order chi connectivity index (χ1) is 7.58. The Morgan fingerprint density at radius 2 is 2.19 bits per heavy atom. The molecule has 84 valence electrons. The van der Waals surface area contributed by atoms with Gasteiger partial charge in [0.15, 0.2) is 5.95 Å². The van der Waals surface area contributed by atoms with Crippen molar-refractivity contribution in [3.05, 3.63) is 43.9 Å². The van der Waals surface area contributed by atoms with E-state index in [9.17, 15) is 9.59 Å². The van der Waals surface area contributed by atoms with Crippen molar-refractivity contribution in [1.82, 2.24) is 19.5 Å². The lowest BCUT2D eigenvalue weighted by molar-refractivity contribution is 0.770. The van der Waals surface area contributed by atoms with E-state index < -0.39 is 11.2 Å². The topological polar surface area (TPSA) is 110 Å². The molecule has 0 unspecified atom stereocenters. The summed E-state index contributed by atoms with van der Waals surface area (Å²) in [6, 6.07) is 0. The number of aromatic amines is 2. The molecule has 0 fully saturated rings. The van der Waals surface area contributed by atoms with Crippen LogP contribution in [0.4, 0.5) is 5.95 Å². The highest BCUT2D eigenvalue weighted by Gasteiger charge is 2.08. The fourth-order valence-electron chi connectivity index (χ4n) is 1.27. The minimum atomic E-state index is -0.626. The molecular formula is C8H8ClN5O2. The van der Waals surface area contributed by atoms with E-state index >= 15 is 0 Å². The molecule has 0 aliphatic rings. The Labute approximate surface area is 93.9 Å². The van der Waals surface area contributed by atoms with Gasteiger partial charge in [-0.05, 0) is 0 Å². The molecule has 2 rings (SSSR count). The molecule has 0 saturated heterocycles. The Kier molecular flexibility index (Phi) is 2.53. The van der Waals surface area contributed by atoms with Crippen LogP contribution in [0.5, 0.6) is 0 Å². The molecule has 2 aromatic heterocycles. The van der Waals surface area contributed by atoms with E-state index in [1.165, 1.54) is 6.20 Å². The van der Waals surface area contributed by atoms with Gasteiger partial charge in [-0.15, -0.1) is 0 Å². The van der Waals surface area contributed by atoms with E-state index in [2.05, 4.69) is 9.97 Å². The molecule has 0 aliphatic heterocycles. The summed E-state index contributed by atoms with van der Waals surface area (Å²) in [6.45, 7) is 0.184. The second-order valence-electron chi connectivity index (χ2n) is 3.11. The molecule has 0 aromatic carbocycles. The summed E-state index contributed by atoms with van der Waals surface area (Å²) < 4.78 is 1.55. The number of hydrogen-bond donors (Lipinski definition) is 3. The Morgan fingerprint density at radius 1 is 1.44 bits per heavy atom. The van der Waals surface area contributed by atoms with E-state index in [0.717, 1.165) is 0 Å². The summed E-state index contributed by atoms with van der Waals surface area (Å²) in [5, 5.41) is -0.0623. The minimum Gasteiger partial charge on any atom is -0.369 e. The maximum Gasteiger partial charge on any atom is 0.326 e. The molecule has 4 N–H and O–H groups in total. The van der Waals surface area contributed by atoms with E-state index in [1.54, 1.807) is 10.8 Å². The largest absolute Gasteiger partial charge is 0.369 e. The fraction of sp³-hybridized carbons (Fsp3) is 0.125. The van der Waals surface area contributed by atoms with Gasteiger partial charge in [0, 0.05) is 12.4 Å². The summed E-state index contributed by atoms with van der Waals surface area (Å²) in [5.74, 6) is 0.275. The average molecular weight is 242 g/mol. The Hall–Kier alpha value is -2.02. The van der Waals surface area contributed by atoms with Crippen LogP contribution in [0.25, 0.3) is 0 Å². The predicted molar refractivity (Wildman–Crippen MR) is 58.4 cm³/mol. The molecule has 8 heteroatoms. The van der Waals surface area contributed by atoms with Gasteiger partial charge in [0.2, 0.25) is 0 Å². The second kappa shape index (κ2) is 3.86. The zero-order chi connectivity index (χ0) is 11.7. The zero-order valence-corrected chi connectivity index (χ0v) is 8.78. The lowest BCUT2D eigenvalue weighted by Gasteiger charge is -2.05. The van der Waals surface area contributed by atoms with Crippen LogP contribution in [-0.4, -0.2) is 19.5 Å². The minimum absolute atomic E-state index is 0.0623. The van der Waals surface area contributed by atoms with Gasteiger partial charge in [0.05, 0.1) is 12.2 Å². The molecule has 2 aromatic rings. The van der Waals surface area contributed by atoms with Crippen LogP contribution in [-0.2, 0) is 6.54 Å². The van der Waals surface area contributed by atoms with Crippen molar-refractivity contribution in [2.75, 3.05) is 5.73 Å². The Morgan fingerprint density at radius 3 is 2.81 bits per heavy atom. The summed E-state index contributed by atoms with van der Waals surface area (Å²) >= 11 is 5.75. The molecular weight excluding hydrogens is 234 g/mol. The Balaban J connectivity index is 2.46. The predicted octanol–water partition coefficient (Wildman–Crippen LogP) is -0.456. The molecule has 0 radical (unpaired) electrons. The van der Waals surface area contributed by atoms with Gasteiger partial charge < -0.3 is 15.3 Å². The van der Waals surface area contributed by atoms with Crippen LogP contribution in [0.1, 0.15) is 5.69 Å². The first kappa shape index (κ1) is 10.5. The quantitative estimate of drug-likeness (QED) is 0.661. The molecule has 7 nitrogen and oxygen atoms in total. The van der Waals surface area contributed by atoms with Gasteiger partial charge >= 0.3 is 5.69 Å². The lowest BCUT2D eigenvalue weighted by Crippen LogP contribution is -2.25. The van der Waals surface area contributed by atoms with Gasteiger partial charge in [-0.2, -0.15) is 0 Å². The molecule has 0 bridgehead atoms. The highest BCUT2D eigenvalue weighted by Crippen LogP contribution is 2.09. The molecule has 2 heterocycles. The molecule has 16 heavy (non-hydrogen) atoms. The van der Waals surface area contributed by atoms with Crippen LogP contribution in [0.2, 0.25) is 5.02 Å². The van der Waals surface area contributed by atoms with Gasteiger partial charge in [-0.25, -0.2) is 9.78 Å². The molecule has 0 saturated carbocycles. The number of H-pyrrole nitrogens is 2. The lowest BCUT2D eigenvalue weighted by atomic mass is 10.4. The van der Waals surface area contributed by atoms with Crippen LogP contribution in [0.15, 0.2) is 22.0 Å². The maximum atomic E-state index is 11.2. The first-order valence-corrected chi connectivity index (χ1v) is 4.73. The van der Waals surface area contributed by atoms with Gasteiger partial charge in [-0.1, -0.05) is 11.6 Å². The number of imidazole rings is 1. The van der Waals surface area contributed by atoms with E-state index in [4.69, 9.17) is 17.3 Å². The van der Waals surface area contributed by atoms with Gasteiger partial charge in [0.1, 0.15) is 5.02 Å². The highest BCUT2D eigenvalue weighted by atomic mass is 35.5. The van der Waals surface area contributed by atoms with Crippen LogP contribution in [0, 0.1) is 0 Å². The van der Waals surface area contributed by atoms with Crippen molar-refractivity contribution < 1.29 is 0 Å². The summed E-state index contributed by atoms with van der Waals surface area (Å²) in [6.07, 6.45) is 3.12. The van der Waals surface area contributed by atoms with Gasteiger partial charge in [-0.3, -0.25) is 9.78 Å². The van der Waals surface area contributed by atoms with E-state index in [-0.39, 0.29) is 17.5 Å². The van der Waals surface area contributed by atoms with Crippen molar-refractivity contribution in [3.63, 3.8) is 0 Å². The van der Waals surface area contributed by atoms with Crippen molar-refractivity contribution in [2.45, 2.75) is 6.54 Å². The summed E-state index contributed by atoms with van der Waals surface area (Å²) in [4.78, 5) is 30.5. The van der Waals surface area contributed by atoms with Crippen LogP contribution >= 0.6 is 11.6 Å². The SMILES string of the molecule is Nc1nccn1Cc1[nH]c(=O)[nH]c(=O)c1Cl. The smallest absolute Gasteiger partial charge is 0.326 e. The standard InChI is InChI=1S/C8H8ClN5O2/c9-5-4(12-8(16)13-6(5)15)3-14-2-1-11-7(14)10/h1-2H,3H2,(H2,10,11)(H2,12,13,15,16). The van der Waals surface area contributed by atoms with Crippen LogP contribution < -0.4 is 17.0 Å². The van der Waals surface area contributed by atoms with Crippen molar-refractivity contribution in [3.8, 4) is 0 Å². The number of nitrogens with two attached hydrogens (primary N) is 1. The van der Waals surface area contributed by atoms with Crippen molar-refractivity contribution in [2.24, 2.45) is 0 Å². The maximum absolute atomic E-state index is 11.2. The van der Waals surface area contributed by atoms with E-state index in [0.29, 0.717) is 5.69 Å². The number of nitrogen functional groups attached to an aromatic ring is 1. The number of halogens is 1. The van der Waals surface area contributed by atoms with Gasteiger partial charge in [0.25, 0.3) is 5.56 Å². The average Bonchev–Trinajstić information content (AvgIpc) is 2.60. The Bertz CT molecular complexity index is 626. The van der Waals surface area contributed by atoms with Crippen LogP contribution in [0.3, 0.4) is 0 Å². The number of hydrogen-bond acceptors (Lipinski definition) is 4. The van der Waals surface area contributed by atoms with Crippen molar-refractivity contribution in [1.29, 1.82) is 0 Å². The molecule has 0 atom stereocenters. The van der Waals surface area contributed by atoms with E-state index in [1.807, 2.05) is 4.98 Å². The summed E-state index contributed by atoms with van der Waals surface area (Å²) in [5.41, 5.74) is 4.60.